The summed E-state index contributed by atoms with van der Waals surface area (Å²) in [5.41, 5.74) is 0.985. The van der Waals surface area contributed by atoms with Gasteiger partial charge < -0.3 is 4.42 Å². The first-order chi connectivity index (χ1) is 6.07. The van der Waals surface area contributed by atoms with E-state index in [1.54, 1.807) is 6.20 Å². The fourth-order valence-corrected chi connectivity index (χ4v) is 1.26. The Morgan fingerprint density at radius 1 is 1.15 bits per heavy atom. The van der Waals surface area contributed by atoms with Gasteiger partial charge in [-0.15, -0.1) is 0 Å². The molecule has 0 radical (unpaired) electrons. The van der Waals surface area contributed by atoms with Gasteiger partial charge in [0, 0.05) is 17.7 Å². The fourth-order valence-electron chi connectivity index (χ4n) is 1.26. The summed E-state index contributed by atoms with van der Waals surface area (Å²) in [5, 5.41) is 0. The molecule has 2 heteroatoms. The highest BCUT2D eigenvalue weighted by Crippen LogP contribution is 2.28. The largest absolute Gasteiger partial charge is 0.459 e. The highest BCUT2D eigenvalue weighted by atomic mass is 16.3. The smallest absolute Gasteiger partial charge is 0.154 e. The minimum absolute atomic E-state index is 0.0610. The molecule has 0 fully saturated rings. The predicted octanol–water partition coefficient (Wildman–Crippen LogP) is 3.08. The normalized spacial score (nSPS) is 12.2. The van der Waals surface area contributed by atoms with Crippen molar-refractivity contribution in [1.82, 2.24) is 4.98 Å². The maximum atomic E-state index is 5.70. The summed E-state index contributed by atoms with van der Waals surface area (Å²) in [6.45, 7) is 6.40. The van der Waals surface area contributed by atoms with E-state index in [1.807, 2.05) is 18.2 Å². The first-order valence-corrected chi connectivity index (χ1v) is 4.42. The van der Waals surface area contributed by atoms with Crippen molar-refractivity contribution in [2.45, 2.75) is 26.2 Å². The van der Waals surface area contributed by atoms with Crippen LogP contribution < -0.4 is 0 Å². The van der Waals surface area contributed by atoms with Crippen molar-refractivity contribution in [2.75, 3.05) is 0 Å². The Balaban J connectivity index is 2.56. The van der Waals surface area contributed by atoms with E-state index in [1.165, 1.54) is 0 Å². The lowest BCUT2D eigenvalue weighted by Crippen LogP contribution is -2.10. The second-order valence-electron chi connectivity index (χ2n) is 4.24. The summed E-state index contributed by atoms with van der Waals surface area (Å²) in [4.78, 5) is 4.15. The lowest BCUT2D eigenvalue weighted by Gasteiger charge is -2.17. The molecule has 0 spiro atoms. The average molecular weight is 175 g/mol. The van der Waals surface area contributed by atoms with Crippen LogP contribution in [0.4, 0.5) is 0 Å². The third-order valence-electron chi connectivity index (χ3n) is 2.04. The van der Waals surface area contributed by atoms with Gasteiger partial charge in [-0.25, -0.2) is 0 Å². The first-order valence-electron chi connectivity index (χ1n) is 4.42. The molecule has 0 saturated heterocycles. The van der Waals surface area contributed by atoms with Gasteiger partial charge in [-0.3, -0.25) is 4.98 Å². The van der Waals surface area contributed by atoms with E-state index in [0.29, 0.717) is 0 Å². The van der Waals surface area contributed by atoms with Gasteiger partial charge in [0.25, 0.3) is 0 Å². The Hall–Kier alpha value is -1.31. The number of aromatic nitrogens is 1. The molecule has 2 rings (SSSR count). The molecule has 0 saturated carbocycles. The standard InChI is InChI=1S/C11H13NO/c1-11(2,3)10-5-4-8-9(13-10)6-7-12-8/h4-7H,1-3H3. The monoisotopic (exact) mass is 175 g/mol. The van der Waals surface area contributed by atoms with Crippen LogP contribution in [-0.2, 0) is 5.41 Å². The molecule has 2 aliphatic heterocycles. The summed E-state index contributed by atoms with van der Waals surface area (Å²) in [5.74, 6) is 1.86. The van der Waals surface area contributed by atoms with E-state index < -0.39 is 0 Å². The number of fused-ring (bicyclic) bond motifs is 1. The van der Waals surface area contributed by atoms with E-state index in [-0.39, 0.29) is 5.41 Å². The van der Waals surface area contributed by atoms with Crippen LogP contribution in [0, 0.1) is 0 Å². The van der Waals surface area contributed by atoms with Crippen LogP contribution in [0.5, 0.6) is 0 Å². The van der Waals surface area contributed by atoms with Crippen LogP contribution in [-0.4, -0.2) is 4.98 Å². The van der Waals surface area contributed by atoms with Crippen molar-refractivity contribution >= 4 is 0 Å². The van der Waals surface area contributed by atoms with Crippen molar-refractivity contribution in [3.63, 3.8) is 0 Å². The molecular formula is C11H13NO. The molecule has 0 atom stereocenters. The number of rotatable bonds is 0. The molecule has 0 unspecified atom stereocenters. The van der Waals surface area contributed by atoms with E-state index in [4.69, 9.17) is 4.42 Å². The van der Waals surface area contributed by atoms with Crippen LogP contribution in [0.15, 0.2) is 28.8 Å². The van der Waals surface area contributed by atoms with E-state index in [0.717, 1.165) is 17.2 Å². The van der Waals surface area contributed by atoms with Crippen molar-refractivity contribution in [3.8, 4) is 11.5 Å². The van der Waals surface area contributed by atoms with E-state index >= 15 is 0 Å². The van der Waals surface area contributed by atoms with Gasteiger partial charge in [0.15, 0.2) is 5.76 Å². The zero-order valence-corrected chi connectivity index (χ0v) is 8.16. The summed E-state index contributed by atoms with van der Waals surface area (Å²) < 4.78 is 5.70. The topological polar surface area (TPSA) is 26.0 Å². The van der Waals surface area contributed by atoms with E-state index in [2.05, 4.69) is 25.8 Å². The Morgan fingerprint density at radius 2 is 1.92 bits per heavy atom. The molecule has 13 heavy (non-hydrogen) atoms. The van der Waals surface area contributed by atoms with Gasteiger partial charge >= 0.3 is 0 Å². The molecule has 0 aromatic carbocycles. The number of hydrogen-bond donors (Lipinski definition) is 0. The van der Waals surface area contributed by atoms with Crippen LogP contribution in [0.1, 0.15) is 26.5 Å². The lowest BCUT2D eigenvalue weighted by molar-refractivity contribution is 0.405. The summed E-state index contributed by atoms with van der Waals surface area (Å²) in [6, 6.07) is 5.89. The minimum Gasteiger partial charge on any atom is -0.459 e. The van der Waals surface area contributed by atoms with Crippen LogP contribution >= 0.6 is 0 Å². The molecular weight excluding hydrogens is 162 g/mol. The van der Waals surface area contributed by atoms with Gasteiger partial charge in [-0.05, 0) is 12.1 Å². The Labute approximate surface area is 77.9 Å². The fraction of sp³-hybridized carbons (Fsp3) is 0.364. The van der Waals surface area contributed by atoms with E-state index in [9.17, 15) is 0 Å². The molecule has 2 aliphatic rings. The average Bonchev–Trinajstić information content (AvgIpc) is 2.47. The highest BCUT2D eigenvalue weighted by Gasteiger charge is 2.18. The van der Waals surface area contributed by atoms with Gasteiger partial charge in [0.2, 0.25) is 0 Å². The predicted molar refractivity (Wildman–Crippen MR) is 51.8 cm³/mol. The quantitative estimate of drug-likeness (QED) is 0.615. The van der Waals surface area contributed by atoms with Gasteiger partial charge in [0.1, 0.15) is 11.5 Å². The molecule has 0 amide bonds. The highest BCUT2D eigenvalue weighted by molar-refractivity contribution is 5.53. The SMILES string of the molecule is CC(C)(C)c1ccc2nccc-2o1. The third-order valence-corrected chi connectivity index (χ3v) is 2.04. The van der Waals surface area contributed by atoms with Crippen molar-refractivity contribution in [1.29, 1.82) is 0 Å². The molecule has 0 aliphatic carbocycles. The van der Waals surface area contributed by atoms with Crippen molar-refractivity contribution < 1.29 is 4.42 Å². The Morgan fingerprint density at radius 3 is 2.62 bits per heavy atom. The molecule has 2 nitrogen and oxygen atoms in total. The molecule has 0 aromatic heterocycles. The minimum atomic E-state index is 0.0610. The van der Waals surface area contributed by atoms with Crippen LogP contribution in [0.25, 0.3) is 11.5 Å². The van der Waals surface area contributed by atoms with Crippen LogP contribution in [0.2, 0.25) is 0 Å². The van der Waals surface area contributed by atoms with Crippen LogP contribution in [0.3, 0.4) is 0 Å². The molecule has 0 aromatic rings. The second kappa shape index (κ2) is 2.59. The van der Waals surface area contributed by atoms with Crippen molar-refractivity contribution in [2.24, 2.45) is 0 Å². The summed E-state index contributed by atoms with van der Waals surface area (Å²) >= 11 is 0. The van der Waals surface area contributed by atoms with Gasteiger partial charge in [-0.1, -0.05) is 20.8 Å². The zero-order valence-electron chi connectivity index (χ0n) is 8.16. The maximum absolute atomic E-state index is 5.70. The first kappa shape index (κ1) is 8.30. The Bertz CT molecular complexity index is 384. The molecule has 0 N–H and O–H groups in total. The molecule has 68 valence electrons. The number of nitrogens with zero attached hydrogens (tertiary/aromatic N) is 1. The molecule has 2 heterocycles. The number of hydrogen-bond acceptors (Lipinski definition) is 2. The van der Waals surface area contributed by atoms with Gasteiger partial charge in [0.05, 0.1) is 0 Å². The summed E-state index contributed by atoms with van der Waals surface area (Å²) in [6.07, 6.45) is 1.76. The maximum Gasteiger partial charge on any atom is 0.154 e. The summed E-state index contributed by atoms with van der Waals surface area (Å²) in [7, 11) is 0. The third kappa shape index (κ3) is 1.44. The van der Waals surface area contributed by atoms with Gasteiger partial charge in [-0.2, -0.15) is 0 Å². The second-order valence-corrected chi connectivity index (χ2v) is 4.24. The Kier molecular flexibility index (Phi) is 1.65. The lowest BCUT2D eigenvalue weighted by atomic mass is 9.93. The molecule has 0 bridgehead atoms. The zero-order chi connectivity index (χ0) is 9.47. The van der Waals surface area contributed by atoms with Crippen molar-refractivity contribution in [3.05, 3.63) is 30.2 Å².